The summed E-state index contributed by atoms with van der Waals surface area (Å²) in [4.78, 5) is 16.6. The number of nitrogens with one attached hydrogen (secondary N) is 1. The molecular weight excluding hydrogens is 256 g/mol. The van der Waals surface area contributed by atoms with Crippen LogP contribution in [0.1, 0.15) is 33.1 Å². The van der Waals surface area contributed by atoms with Crippen molar-refractivity contribution in [2.45, 2.75) is 18.9 Å². The monoisotopic (exact) mass is 268 g/mol. The molecule has 0 radical (unpaired) electrons. The van der Waals surface area contributed by atoms with Crippen LogP contribution in [0.25, 0.3) is 0 Å². The van der Waals surface area contributed by atoms with Crippen molar-refractivity contribution in [3.8, 4) is 11.8 Å². The van der Waals surface area contributed by atoms with Crippen LogP contribution >= 0.6 is 11.3 Å². The van der Waals surface area contributed by atoms with Crippen molar-refractivity contribution in [1.29, 1.82) is 0 Å². The molecule has 1 aliphatic rings. The molecule has 0 spiro atoms. The number of carbonyl (C=O) groups is 1. The molecular formula is C15H12N2OS. The van der Waals surface area contributed by atoms with Gasteiger partial charge in [0.1, 0.15) is 4.88 Å². The Labute approximate surface area is 115 Å². The number of amides is 1. The van der Waals surface area contributed by atoms with Gasteiger partial charge in [0.05, 0.1) is 6.20 Å². The summed E-state index contributed by atoms with van der Waals surface area (Å²) in [5.74, 6) is 5.98. The van der Waals surface area contributed by atoms with Gasteiger partial charge in [-0.25, -0.2) is 4.98 Å². The van der Waals surface area contributed by atoms with Crippen LogP contribution in [0, 0.1) is 11.8 Å². The van der Waals surface area contributed by atoms with Crippen molar-refractivity contribution >= 4 is 17.2 Å². The second-order valence-corrected chi connectivity index (χ2v) is 5.42. The third kappa shape index (κ3) is 3.21. The summed E-state index contributed by atoms with van der Waals surface area (Å²) in [6.45, 7) is 0. The minimum Gasteiger partial charge on any atom is -0.349 e. The highest BCUT2D eigenvalue weighted by Gasteiger charge is 2.24. The maximum atomic E-state index is 11.8. The van der Waals surface area contributed by atoms with E-state index in [9.17, 15) is 4.79 Å². The van der Waals surface area contributed by atoms with Gasteiger partial charge < -0.3 is 5.32 Å². The zero-order chi connectivity index (χ0) is 13.1. The van der Waals surface area contributed by atoms with Crippen LogP contribution in [-0.2, 0) is 0 Å². The summed E-state index contributed by atoms with van der Waals surface area (Å²) < 4.78 is 0. The summed E-state index contributed by atoms with van der Waals surface area (Å²) >= 11 is 1.33. The number of hydrogen-bond donors (Lipinski definition) is 1. The van der Waals surface area contributed by atoms with Crippen LogP contribution in [-0.4, -0.2) is 16.9 Å². The lowest BCUT2D eigenvalue weighted by atomic mass is 10.2. The molecule has 1 aliphatic carbocycles. The first-order valence-corrected chi connectivity index (χ1v) is 6.97. The lowest BCUT2D eigenvalue weighted by Gasteiger charge is -1.97. The third-order valence-electron chi connectivity index (χ3n) is 2.73. The Morgan fingerprint density at radius 1 is 1.26 bits per heavy atom. The standard InChI is InChI=1S/C15H12N2OS/c18-15(17-12-7-8-12)13-10-16-14(19-13)9-6-11-4-2-1-3-5-11/h1-5,10,12H,7-8H2,(H,17,18). The smallest absolute Gasteiger partial charge is 0.263 e. The molecule has 1 fully saturated rings. The highest BCUT2D eigenvalue weighted by molar-refractivity contribution is 7.14. The van der Waals surface area contributed by atoms with Crippen LogP contribution < -0.4 is 5.32 Å². The van der Waals surface area contributed by atoms with Gasteiger partial charge in [0.25, 0.3) is 5.91 Å². The summed E-state index contributed by atoms with van der Waals surface area (Å²) in [6, 6.07) is 10.1. The van der Waals surface area contributed by atoms with Crippen LogP contribution in [0.15, 0.2) is 36.5 Å². The molecule has 0 unspecified atom stereocenters. The average Bonchev–Trinajstić information content (AvgIpc) is 3.12. The quantitative estimate of drug-likeness (QED) is 0.850. The Kier molecular flexibility index (Phi) is 3.30. The Balaban J connectivity index is 1.71. The van der Waals surface area contributed by atoms with Crippen LogP contribution in [0.5, 0.6) is 0 Å². The molecule has 3 rings (SSSR count). The lowest BCUT2D eigenvalue weighted by Crippen LogP contribution is -2.24. The van der Waals surface area contributed by atoms with E-state index in [4.69, 9.17) is 0 Å². The molecule has 94 valence electrons. The molecule has 0 aliphatic heterocycles. The summed E-state index contributed by atoms with van der Waals surface area (Å²) in [7, 11) is 0. The van der Waals surface area contributed by atoms with Crippen molar-refractivity contribution in [2.24, 2.45) is 0 Å². The molecule has 0 saturated heterocycles. The highest BCUT2D eigenvalue weighted by atomic mass is 32.1. The zero-order valence-electron chi connectivity index (χ0n) is 10.2. The third-order valence-corrected chi connectivity index (χ3v) is 3.64. The Morgan fingerprint density at radius 3 is 2.79 bits per heavy atom. The predicted octanol–water partition coefficient (Wildman–Crippen LogP) is 2.44. The van der Waals surface area contributed by atoms with E-state index in [1.807, 2.05) is 30.3 Å². The van der Waals surface area contributed by atoms with E-state index in [0.29, 0.717) is 15.9 Å². The largest absolute Gasteiger partial charge is 0.349 e. The Bertz CT molecular complexity index is 648. The fraction of sp³-hybridized carbons (Fsp3) is 0.200. The van der Waals surface area contributed by atoms with Crippen molar-refractivity contribution in [1.82, 2.24) is 10.3 Å². The molecule has 19 heavy (non-hydrogen) atoms. The van der Waals surface area contributed by atoms with Gasteiger partial charge in [-0.15, -0.1) is 11.3 Å². The van der Waals surface area contributed by atoms with Gasteiger partial charge in [-0.05, 0) is 30.9 Å². The second kappa shape index (κ2) is 5.25. The zero-order valence-corrected chi connectivity index (χ0v) is 11.0. The molecule has 1 saturated carbocycles. The number of nitrogens with zero attached hydrogens (tertiary/aromatic N) is 1. The van der Waals surface area contributed by atoms with E-state index in [-0.39, 0.29) is 5.91 Å². The van der Waals surface area contributed by atoms with E-state index in [0.717, 1.165) is 18.4 Å². The minimum absolute atomic E-state index is 0.0345. The molecule has 4 heteroatoms. The number of carbonyl (C=O) groups excluding carboxylic acids is 1. The first-order valence-electron chi connectivity index (χ1n) is 6.15. The maximum absolute atomic E-state index is 11.8. The van der Waals surface area contributed by atoms with Gasteiger partial charge in [-0.1, -0.05) is 24.1 Å². The van der Waals surface area contributed by atoms with Crippen molar-refractivity contribution in [3.05, 3.63) is 52.0 Å². The van der Waals surface area contributed by atoms with E-state index >= 15 is 0 Å². The molecule has 1 aromatic heterocycles. The second-order valence-electron chi connectivity index (χ2n) is 4.39. The van der Waals surface area contributed by atoms with Gasteiger partial charge in [0, 0.05) is 11.6 Å². The molecule has 1 N–H and O–H groups in total. The average molecular weight is 268 g/mol. The fourth-order valence-electron chi connectivity index (χ4n) is 1.57. The molecule has 1 aromatic carbocycles. The van der Waals surface area contributed by atoms with Gasteiger partial charge in [0.15, 0.2) is 5.01 Å². The van der Waals surface area contributed by atoms with Gasteiger partial charge in [0.2, 0.25) is 0 Å². The van der Waals surface area contributed by atoms with Crippen LogP contribution in [0.2, 0.25) is 0 Å². The molecule has 0 bridgehead atoms. The topological polar surface area (TPSA) is 42.0 Å². The summed E-state index contributed by atoms with van der Waals surface area (Å²) in [6.07, 6.45) is 3.77. The summed E-state index contributed by atoms with van der Waals surface area (Å²) in [5, 5.41) is 3.61. The highest BCUT2D eigenvalue weighted by Crippen LogP contribution is 2.20. The summed E-state index contributed by atoms with van der Waals surface area (Å²) in [5.41, 5.74) is 0.946. The minimum atomic E-state index is -0.0345. The molecule has 1 amide bonds. The van der Waals surface area contributed by atoms with Crippen molar-refractivity contribution in [2.75, 3.05) is 0 Å². The van der Waals surface area contributed by atoms with E-state index in [1.165, 1.54) is 11.3 Å². The van der Waals surface area contributed by atoms with Crippen LogP contribution in [0.4, 0.5) is 0 Å². The SMILES string of the molecule is O=C(NC1CC1)c1cnc(C#Cc2ccccc2)s1. The molecule has 2 aromatic rings. The first kappa shape index (κ1) is 11.9. The van der Waals surface area contributed by atoms with Gasteiger partial charge in [-0.3, -0.25) is 4.79 Å². The Morgan fingerprint density at radius 2 is 2.05 bits per heavy atom. The predicted molar refractivity (Wildman–Crippen MR) is 75.0 cm³/mol. The first-order chi connectivity index (χ1) is 9.31. The maximum Gasteiger partial charge on any atom is 0.263 e. The fourth-order valence-corrected chi connectivity index (χ4v) is 2.24. The van der Waals surface area contributed by atoms with E-state index < -0.39 is 0 Å². The van der Waals surface area contributed by atoms with Crippen LogP contribution in [0.3, 0.4) is 0 Å². The molecule has 1 heterocycles. The van der Waals surface area contributed by atoms with Crippen molar-refractivity contribution in [3.63, 3.8) is 0 Å². The van der Waals surface area contributed by atoms with Gasteiger partial charge >= 0.3 is 0 Å². The van der Waals surface area contributed by atoms with E-state index in [1.54, 1.807) is 6.20 Å². The number of aromatic nitrogens is 1. The molecule has 3 nitrogen and oxygen atoms in total. The normalized spacial score (nSPS) is 13.5. The lowest BCUT2D eigenvalue weighted by molar-refractivity contribution is 0.0955. The number of benzene rings is 1. The van der Waals surface area contributed by atoms with E-state index in [2.05, 4.69) is 22.1 Å². The number of hydrogen-bond acceptors (Lipinski definition) is 3. The van der Waals surface area contributed by atoms with Gasteiger partial charge in [-0.2, -0.15) is 0 Å². The number of thiazole rings is 1. The number of rotatable bonds is 2. The molecule has 0 atom stereocenters. The van der Waals surface area contributed by atoms with Crippen molar-refractivity contribution < 1.29 is 4.79 Å². The Hall–Kier alpha value is -2.12.